The fourth-order valence-electron chi connectivity index (χ4n) is 4.33. The number of unbranched alkanes of at least 4 members (excludes halogenated alkanes) is 3. The van der Waals surface area contributed by atoms with Crippen LogP contribution in [0.3, 0.4) is 0 Å². The second kappa shape index (κ2) is 10.6. The largest absolute Gasteiger partial charge is 0.394 e. The second-order valence-electron chi connectivity index (χ2n) is 8.29. The van der Waals surface area contributed by atoms with E-state index in [1.165, 1.54) is 0 Å². The average Bonchev–Trinajstić information content (AvgIpc) is 3.16. The minimum Gasteiger partial charge on any atom is -0.394 e. The maximum absolute atomic E-state index is 12.1. The molecule has 0 aromatic carbocycles. The molecule has 8 unspecified atom stereocenters. The Labute approximate surface area is 181 Å². The molecule has 3 aliphatic rings. The summed E-state index contributed by atoms with van der Waals surface area (Å²) in [4.78, 5) is 28.3. The highest BCUT2D eigenvalue weighted by molar-refractivity contribution is 5.92. The highest BCUT2D eigenvalue weighted by atomic mass is 16.5. The van der Waals surface area contributed by atoms with Gasteiger partial charge in [-0.1, -0.05) is 26.2 Å². The third-order valence-electron chi connectivity index (χ3n) is 6.06. The van der Waals surface area contributed by atoms with Gasteiger partial charge in [0.15, 0.2) is 12.0 Å². The molecule has 8 atom stereocenters. The Morgan fingerprint density at radius 2 is 2.10 bits per heavy atom. The lowest BCUT2D eigenvalue weighted by molar-refractivity contribution is -0.178. The maximum atomic E-state index is 12.1. The van der Waals surface area contributed by atoms with Gasteiger partial charge in [-0.25, -0.2) is 4.99 Å². The Bertz CT molecular complexity index is 678. The number of primary amides is 1. The molecule has 0 radical (unpaired) electrons. The first-order chi connectivity index (χ1) is 14.9. The van der Waals surface area contributed by atoms with Crippen molar-refractivity contribution in [2.24, 2.45) is 16.6 Å². The van der Waals surface area contributed by atoms with E-state index in [9.17, 15) is 24.9 Å². The van der Waals surface area contributed by atoms with E-state index in [4.69, 9.17) is 10.5 Å². The number of β-amino-alcohol motifs (C(OH)–C–C–N with tert-alkyl or cyclic N) is 1. The van der Waals surface area contributed by atoms with Gasteiger partial charge in [0, 0.05) is 6.54 Å². The number of hydrogen-bond donors (Lipinski definition) is 8. The molecule has 0 spiro atoms. The van der Waals surface area contributed by atoms with Crippen molar-refractivity contribution in [2.75, 3.05) is 19.7 Å². The zero-order valence-electron chi connectivity index (χ0n) is 17.7. The number of hydrogen-bond acceptors (Lipinski definition) is 10. The van der Waals surface area contributed by atoms with E-state index >= 15 is 0 Å². The third-order valence-corrected chi connectivity index (χ3v) is 6.06. The first kappa shape index (κ1) is 23.7. The number of aliphatic hydroxyl groups is 3. The molecule has 0 saturated carbocycles. The Balaban J connectivity index is 1.72. The number of amides is 2. The topological polar surface area (TPSA) is 191 Å². The molecule has 12 nitrogen and oxygen atoms in total. The van der Waals surface area contributed by atoms with Crippen LogP contribution in [-0.4, -0.2) is 95.5 Å². The van der Waals surface area contributed by atoms with Gasteiger partial charge in [-0.2, -0.15) is 0 Å². The number of nitrogens with zero attached hydrogens (tertiary/aromatic N) is 1. The SMILES string of the molecule is CCCCCCNC1C(NC2=NC3C(=O)NCC(O)C3N2)OC(CO)C(C(N)=O)C1O. The lowest BCUT2D eigenvalue weighted by atomic mass is 9.86. The van der Waals surface area contributed by atoms with E-state index in [1.807, 2.05) is 0 Å². The van der Waals surface area contributed by atoms with Crippen molar-refractivity contribution in [1.82, 2.24) is 21.3 Å². The summed E-state index contributed by atoms with van der Waals surface area (Å²) in [6, 6.07) is -2.07. The molecule has 0 bridgehead atoms. The maximum Gasteiger partial charge on any atom is 0.247 e. The lowest BCUT2D eigenvalue weighted by Gasteiger charge is -2.44. The van der Waals surface area contributed by atoms with Crippen molar-refractivity contribution in [2.45, 2.75) is 75.3 Å². The second-order valence-corrected chi connectivity index (χ2v) is 8.29. The molecule has 0 aromatic rings. The van der Waals surface area contributed by atoms with Gasteiger partial charge in [0.05, 0.1) is 42.9 Å². The van der Waals surface area contributed by atoms with Gasteiger partial charge in [-0.3, -0.25) is 9.59 Å². The van der Waals surface area contributed by atoms with Crippen LogP contribution in [0.15, 0.2) is 4.99 Å². The molecule has 12 heteroatoms. The molecule has 31 heavy (non-hydrogen) atoms. The van der Waals surface area contributed by atoms with E-state index in [0.29, 0.717) is 6.54 Å². The molecular formula is C19H34N6O6. The van der Waals surface area contributed by atoms with Gasteiger partial charge in [0.2, 0.25) is 11.8 Å². The van der Waals surface area contributed by atoms with Crippen LogP contribution in [0.4, 0.5) is 0 Å². The number of piperidine rings is 1. The standard InChI is InChI=1S/C19H34N6O6/c1-2-3-4-5-6-21-14-15(28)11(16(20)29)10(8-26)31-18(14)25-19-23-12-9(27)7-22-17(30)13(12)24-19/h9-15,18,21,26-28H,2-8H2,1H3,(H2,20,29)(H,22,30)(H2,23,24,25). The number of guanidine groups is 1. The van der Waals surface area contributed by atoms with Gasteiger partial charge < -0.3 is 47.1 Å². The predicted molar refractivity (Wildman–Crippen MR) is 111 cm³/mol. The number of carbonyl (C=O) groups is 2. The van der Waals surface area contributed by atoms with Crippen LogP contribution in [0.1, 0.15) is 32.6 Å². The van der Waals surface area contributed by atoms with Crippen molar-refractivity contribution < 1.29 is 29.6 Å². The van der Waals surface area contributed by atoms with E-state index < -0.39 is 61.1 Å². The monoisotopic (exact) mass is 442 g/mol. The van der Waals surface area contributed by atoms with Crippen LogP contribution in [0, 0.1) is 5.92 Å². The van der Waals surface area contributed by atoms with Gasteiger partial charge in [0.25, 0.3) is 0 Å². The molecule has 176 valence electrons. The summed E-state index contributed by atoms with van der Waals surface area (Å²) in [6.45, 7) is 2.33. The molecule has 9 N–H and O–H groups in total. The van der Waals surface area contributed by atoms with Gasteiger partial charge in [-0.05, 0) is 13.0 Å². The van der Waals surface area contributed by atoms with E-state index in [2.05, 4.69) is 33.2 Å². The van der Waals surface area contributed by atoms with Crippen LogP contribution >= 0.6 is 0 Å². The number of carbonyl (C=O) groups excluding carboxylic acids is 2. The Kier molecular flexibility index (Phi) is 8.06. The molecule has 3 rings (SSSR count). The molecule has 3 aliphatic heterocycles. The summed E-state index contributed by atoms with van der Waals surface area (Å²) < 4.78 is 5.87. The number of rotatable bonds is 9. The molecule has 2 amide bonds. The quantitative estimate of drug-likeness (QED) is 0.167. The van der Waals surface area contributed by atoms with Crippen LogP contribution in [0.2, 0.25) is 0 Å². The summed E-state index contributed by atoms with van der Waals surface area (Å²) in [6.07, 6.45) is 0.220. The predicted octanol–water partition coefficient (Wildman–Crippen LogP) is -3.52. The van der Waals surface area contributed by atoms with Gasteiger partial charge in [0.1, 0.15) is 6.23 Å². The number of nitrogens with two attached hydrogens (primary N) is 1. The smallest absolute Gasteiger partial charge is 0.247 e. The van der Waals surface area contributed by atoms with Crippen molar-refractivity contribution in [3.63, 3.8) is 0 Å². The fraction of sp³-hybridized carbons (Fsp3) is 0.842. The lowest BCUT2D eigenvalue weighted by Crippen LogP contribution is -2.68. The average molecular weight is 443 g/mol. The van der Waals surface area contributed by atoms with Gasteiger partial charge in [-0.15, -0.1) is 0 Å². The summed E-state index contributed by atoms with van der Waals surface area (Å²) >= 11 is 0. The van der Waals surface area contributed by atoms with Crippen molar-refractivity contribution >= 4 is 17.8 Å². The normalized spacial score (nSPS) is 37.4. The third kappa shape index (κ3) is 5.26. The number of fused-ring (bicyclic) bond motifs is 1. The minimum atomic E-state index is -1.20. The first-order valence-electron chi connectivity index (χ1n) is 10.9. The van der Waals surface area contributed by atoms with Crippen LogP contribution < -0.4 is 27.0 Å². The molecular weight excluding hydrogens is 408 g/mol. The zero-order chi connectivity index (χ0) is 22.5. The molecule has 0 aromatic heterocycles. The van der Waals surface area contributed by atoms with Crippen LogP contribution in [-0.2, 0) is 14.3 Å². The zero-order valence-corrected chi connectivity index (χ0v) is 17.7. The first-order valence-corrected chi connectivity index (χ1v) is 10.9. The Hall–Kier alpha value is -1.99. The number of aliphatic hydroxyl groups excluding tert-OH is 3. The molecule has 2 fully saturated rings. The summed E-state index contributed by atoms with van der Waals surface area (Å²) in [7, 11) is 0. The van der Waals surface area contributed by atoms with Crippen molar-refractivity contribution in [3.05, 3.63) is 0 Å². The highest BCUT2D eigenvalue weighted by Crippen LogP contribution is 2.26. The van der Waals surface area contributed by atoms with Crippen LogP contribution in [0.5, 0.6) is 0 Å². The van der Waals surface area contributed by atoms with Gasteiger partial charge >= 0.3 is 0 Å². The number of aliphatic imine (C=N–C) groups is 1. The molecule has 2 saturated heterocycles. The summed E-state index contributed by atoms with van der Waals surface area (Å²) in [5.74, 6) is -1.90. The van der Waals surface area contributed by atoms with Crippen LogP contribution in [0.25, 0.3) is 0 Å². The fourth-order valence-corrected chi connectivity index (χ4v) is 4.33. The number of nitrogens with one attached hydrogen (secondary N) is 4. The summed E-state index contributed by atoms with van der Waals surface area (Å²) in [5.41, 5.74) is 5.45. The van der Waals surface area contributed by atoms with E-state index in [-0.39, 0.29) is 18.4 Å². The van der Waals surface area contributed by atoms with E-state index in [0.717, 1.165) is 25.7 Å². The molecule has 3 heterocycles. The van der Waals surface area contributed by atoms with Crippen molar-refractivity contribution in [3.8, 4) is 0 Å². The minimum absolute atomic E-state index is 0.128. The molecule has 0 aliphatic carbocycles. The number of ether oxygens (including phenoxy) is 1. The highest BCUT2D eigenvalue weighted by Gasteiger charge is 2.49. The Morgan fingerprint density at radius 1 is 1.32 bits per heavy atom. The van der Waals surface area contributed by atoms with Crippen molar-refractivity contribution in [1.29, 1.82) is 0 Å². The Morgan fingerprint density at radius 3 is 2.74 bits per heavy atom. The van der Waals surface area contributed by atoms with E-state index in [1.54, 1.807) is 0 Å². The summed E-state index contributed by atoms with van der Waals surface area (Å²) in [5, 5.41) is 42.5.